The normalized spacial score (nSPS) is 10.5. The SMILES string of the molecule is Cc1ccc(CNC(=O)c2nnsc2-c2ccccc2)o1. The molecule has 0 saturated carbocycles. The molecule has 1 N–H and O–H groups in total. The molecule has 0 fully saturated rings. The number of aryl methyl sites for hydroxylation is 1. The molecule has 0 aliphatic rings. The average Bonchev–Trinajstić information content (AvgIpc) is 3.14. The largest absolute Gasteiger partial charge is 0.465 e. The lowest BCUT2D eigenvalue weighted by molar-refractivity contribution is 0.0943. The number of carbonyl (C=O) groups excluding carboxylic acids is 1. The second-order valence-corrected chi connectivity index (χ2v) is 5.27. The zero-order valence-electron chi connectivity index (χ0n) is 11.4. The van der Waals surface area contributed by atoms with Crippen LogP contribution in [0.15, 0.2) is 46.9 Å². The molecule has 0 bridgehead atoms. The molecule has 2 aromatic heterocycles. The van der Waals surface area contributed by atoms with Crippen molar-refractivity contribution in [1.29, 1.82) is 0 Å². The molecular weight excluding hydrogens is 286 g/mol. The first kappa shape index (κ1) is 13.5. The van der Waals surface area contributed by atoms with Gasteiger partial charge < -0.3 is 9.73 Å². The molecular formula is C15H13N3O2S. The van der Waals surface area contributed by atoms with Crippen molar-refractivity contribution in [2.45, 2.75) is 13.5 Å². The fourth-order valence-electron chi connectivity index (χ4n) is 1.95. The Morgan fingerprint density at radius 3 is 2.76 bits per heavy atom. The summed E-state index contributed by atoms with van der Waals surface area (Å²) in [5, 5.41) is 6.73. The second kappa shape index (κ2) is 5.88. The molecule has 2 heterocycles. The van der Waals surface area contributed by atoms with Gasteiger partial charge >= 0.3 is 0 Å². The van der Waals surface area contributed by atoms with E-state index < -0.39 is 0 Å². The number of furan rings is 1. The molecule has 0 aliphatic carbocycles. The van der Waals surface area contributed by atoms with Crippen molar-refractivity contribution < 1.29 is 9.21 Å². The minimum Gasteiger partial charge on any atom is -0.465 e. The highest BCUT2D eigenvalue weighted by atomic mass is 32.1. The first-order chi connectivity index (χ1) is 10.2. The summed E-state index contributed by atoms with van der Waals surface area (Å²) < 4.78 is 9.30. The number of carbonyl (C=O) groups is 1. The monoisotopic (exact) mass is 299 g/mol. The minimum atomic E-state index is -0.253. The Labute approximate surface area is 125 Å². The zero-order chi connectivity index (χ0) is 14.7. The van der Waals surface area contributed by atoms with Crippen LogP contribution in [0.1, 0.15) is 22.0 Å². The smallest absolute Gasteiger partial charge is 0.273 e. The van der Waals surface area contributed by atoms with E-state index in [0.717, 1.165) is 16.2 Å². The van der Waals surface area contributed by atoms with E-state index in [4.69, 9.17) is 4.42 Å². The third-order valence-electron chi connectivity index (χ3n) is 2.96. The molecule has 21 heavy (non-hydrogen) atoms. The van der Waals surface area contributed by atoms with Gasteiger partial charge in [-0.25, -0.2) is 0 Å². The van der Waals surface area contributed by atoms with Gasteiger partial charge in [0.05, 0.1) is 11.4 Å². The van der Waals surface area contributed by atoms with Crippen molar-refractivity contribution in [2.75, 3.05) is 0 Å². The average molecular weight is 299 g/mol. The molecule has 3 aromatic rings. The lowest BCUT2D eigenvalue weighted by Crippen LogP contribution is -2.23. The molecule has 6 heteroatoms. The quantitative estimate of drug-likeness (QED) is 0.804. The van der Waals surface area contributed by atoms with Gasteiger partial charge in [0, 0.05) is 0 Å². The summed E-state index contributed by atoms with van der Waals surface area (Å²) in [6, 6.07) is 13.3. The minimum absolute atomic E-state index is 0.253. The van der Waals surface area contributed by atoms with Crippen LogP contribution in [0, 0.1) is 6.92 Å². The van der Waals surface area contributed by atoms with E-state index in [2.05, 4.69) is 14.9 Å². The summed E-state index contributed by atoms with van der Waals surface area (Å²) in [7, 11) is 0. The van der Waals surface area contributed by atoms with Crippen LogP contribution in [0.4, 0.5) is 0 Å². The first-order valence-corrected chi connectivity index (χ1v) is 7.22. The maximum Gasteiger partial charge on any atom is 0.273 e. The molecule has 1 aromatic carbocycles. The molecule has 0 atom stereocenters. The van der Waals surface area contributed by atoms with Crippen molar-refractivity contribution in [1.82, 2.24) is 14.9 Å². The number of hydrogen-bond donors (Lipinski definition) is 1. The predicted octanol–water partition coefficient (Wildman–Crippen LogP) is 3.04. The summed E-state index contributed by atoms with van der Waals surface area (Å²) in [5.41, 5.74) is 1.28. The van der Waals surface area contributed by atoms with Crippen LogP contribution >= 0.6 is 11.5 Å². The Kier molecular flexibility index (Phi) is 3.79. The van der Waals surface area contributed by atoms with E-state index in [1.54, 1.807) is 0 Å². The van der Waals surface area contributed by atoms with Gasteiger partial charge in [0.1, 0.15) is 11.5 Å². The van der Waals surface area contributed by atoms with Crippen LogP contribution < -0.4 is 5.32 Å². The topological polar surface area (TPSA) is 68.0 Å². The Morgan fingerprint density at radius 2 is 2.05 bits per heavy atom. The zero-order valence-corrected chi connectivity index (χ0v) is 12.2. The number of benzene rings is 1. The number of nitrogens with one attached hydrogen (secondary N) is 1. The summed E-state index contributed by atoms with van der Waals surface area (Å²) in [6.45, 7) is 2.20. The fourth-order valence-corrected chi connectivity index (χ4v) is 2.62. The molecule has 0 aliphatic heterocycles. The molecule has 5 nitrogen and oxygen atoms in total. The van der Waals surface area contributed by atoms with Crippen molar-refractivity contribution in [3.8, 4) is 10.4 Å². The van der Waals surface area contributed by atoms with E-state index >= 15 is 0 Å². The lowest BCUT2D eigenvalue weighted by Gasteiger charge is -2.03. The second-order valence-electron chi connectivity index (χ2n) is 4.51. The standard InChI is InChI=1S/C15H13N3O2S/c1-10-7-8-12(20-10)9-16-15(19)13-14(21-18-17-13)11-5-3-2-4-6-11/h2-8H,9H2,1H3,(H,16,19). The van der Waals surface area contributed by atoms with Gasteiger partial charge in [-0.3, -0.25) is 4.79 Å². The van der Waals surface area contributed by atoms with Gasteiger partial charge in [-0.15, -0.1) is 5.10 Å². The van der Waals surface area contributed by atoms with Crippen LogP contribution in [-0.4, -0.2) is 15.5 Å². The van der Waals surface area contributed by atoms with E-state index in [-0.39, 0.29) is 5.91 Å². The highest BCUT2D eigenvalue weighted by Crippen LogP contribution is 2.25. The molecule has 1 amide bonds. The highest BCUT2D eigenvalue weighted by Gasteiger charge is 2.17. The summed E-state index contributed by atoms with van der Waals surface area (Å²) in [6.07, 6.45) is 0. The summed E-state index contributed by atoms with van der Waals surface area (Å²) in [4.78, 5) is 13.0. The Hall–Kier alpha value is -2.47. The molecule has 0 spiro atoms. The van der Waals surface area contributed by atoms with Gasteiger partial charge in [-0.1, -0.05) is 34.8 Å². The Balaban J connectivity index is 1.75. The number of aromatic nitrogens is 2. The first-order valence-electron chi connectivity index (χ1n) is 6.45. The maximum atomic E-state index is 12.2. The van der Waals surface area contributed by atoms with Crippen LogP contribution in [0.5, 0.6) is 0 Å². The molecule has 0 unspecified atom stereocenters. The van der Waals surface area contributed by atoms with Gasteiger partial charge in [0.25, 0.3) is 5.91 Å². The Morgan fingerprint density at radius 1 is 1.24 bits per heavy atom. The van der Waals surface area contributed by atoms with Crippen LogP contribution in [0.2, 0.25) is 0 Å². The van der Waals surface area contributed by atoms with Crippen molar-refractivity contribution >= 4 is 17.4 Å². The van der Waals surface area contributed by atoms with Crippen molar-refractivity contribution in [3.05, 3.63) is 59.7 Å². The van der Waals surface area contributed by atoms with E-state index in [1.165, 1.54) is 11.5 Å². The predicted molar refractivity (Wildman–Crippen MR) is 80.0 cm³/mol. The molecule has 106 valence electrons. The van der Waals surface area contributed by atoms with Gasteiger partial charge in [0.2, 0.25) is 0 Å². The fraction of sp³-hybridized carbons (Fsp3) is 0.133. The van der Waals surface area contributed by atoms with Gasteiger partial charge in [0.15, 0.2) is 5.69 Å². The van der Waals surface area contributed by atoms with Gasteiger partial charge in [-0.05, 0) is 36.2 Å². The molecule has 0 saturated heterocycles. The van der Waals surface area contributed by atoms with Crippen molar-refractivity contribution in [2.24, 2.45) is 0 Å². The Bertz CT molecular complexity index is 749. The van der Waals surface area contributed by atoms with Crippen LogP contribution in [-0.2, 0) is 6.54 Å². The number of rotatable bonds is 4. The van der Waals surface area contributed by atoms with E-state index in [1.807, 2.05) is 49.4 Å². The van der Waals surface area contributed by atoms with Crippen LogP contribution in [0.25, 0.3) is 10.4 Å². The van der Waals surface area contributed by atoms with Gasteiger partial charge in [-0.2, -0.15) is 0 Å². The van der Waals surface area contributed by atoms with E-state index in [0.29, 0.717) is 18.0 Å². The lowest BCUT2D eigenvalue weighted by atomic mass is 10.1. The molecule has 0 radical (unpaired) electrons. The summed E-state index contributed by atoms with van der Waals surface area (Å²) >= 11 is 1.21. The van der Waals surface area contributed by atoms with E-state index in [9.17, 15) is 4.79 Å². The third-order valence-corrected chi connectivity index (χ3v) is 3.73. The van der Waals surface area contributed by atoms with Crippen LogP contribution in [0.3, 0.4) is 0 Å². The third kappa shape index (κ3) is 3.00. The molecule has 3 rings (SSSR count). The number of hydrogen-bond acceptors (Lipinski definition) is 5. The van der Waals surface area contributed by atoms with Crippen molar-refractivity contribution in [3.63, 3.8) is 0 Å². The summed E-state index contributed by atoms with van der Waals surface area (Å²) in [5.74, 6) is 1.28. The number of amides is 1. The maximum absolute atomic E-state index is 12.2. The highest BCUT2D eigenvalue weighted by molar-refractivity contribution is 7.09. The number of nitrogens with zero attached hydrogens (tertiary/aromatic N) is 2.